The molecule has 0 aromatic heterocycles. The lowest BCUT2D eigenvalue weighted by molar-refractivity contribution is 0.473. The van der Waals surface area contributed by atoms with Crippen molar-refractivity contribution in [1.29, 1.82) is 0 Å². The lowest BCUT2D eigenvalue weighted by atomic mass is 10.0. The Bertz CT molecular complexity index is 312. The van der Waals surface area contributed by atoms with Crippen molar-refractivity contribution in [3.05, 3.63) is 40.9 Å². The Hall–Kier alpha value is -0.800. The fourth-order valence-electron chi connectivity index (χ4n) is 1.12. The molecular weight excluding hydrogens is 230 g/mol. The molecule has 0 spiro atoms. The normalized spacial score (nSPS) is 12.5. The predicted octanol–water partition coefficient (Wildman–Crippen LogP) is 2.73. The molecular formula is C10H12BrNO. The summed E-state index contributed by atoms with van der Waals surface area (Å²) in [6.07, 6.45) is 2.46. The molecule has 0 saturated heterocycles. The topological polar surface area (TPSA) is 46.2 Å². The van der Waals surface area contributed by atoms with Gasteiger partial charge in [0.05, 0.1) is 0 Å². The van der Waals surface area contributed by atoms with Gasteiger partial charge in [-0.2, -0.15) is 0 Å². The molecule has 3 heteroatoms. The Kier molecular flexibility index (Phi) is 3.51. The van der Waals surface area contributed by atoms with Gasteiger partial charge in [0.25, 0.3) is 0 Å². The molecule has 13 heavy (non-hydrogen) atoms. The lowest BCUT2D eigenvalue weighted by Crippen LogP contribution is -2.09. The highest BCUT2D eigenvalue weighted by atomic mass is 79.9. The summed E-state index contributed by atoms with van der Waals surface area (Å²) in [5.74, 6) is 0.234. The third-order valence-corrected chi connectivity index (χ3v) is 2.52. The van der Waals surface area contributed by atoms with Gasteiger partial charge in [0.15, 0.2) is 0 Å². The second-order valence-corrected chi connectivity index (χ2v) is 3.69. The van der Waals surface area contributed by atoms with E-state index in [2.05, 4.69) is 22.5 Å². The number of phenols is 1. The minimum atomic E-state index is -0.112. The van der Waals surface area contributed by atoms with Crippen LogP contribution in [0.25, 0.3) is 0 Å². The second kappa shape index (κ2) is 4.44. The van der Waals surface area contributed by atoms with E-state index in [-0.39, 0.29) is 11.8 Å². The van der Waals surface area contributed by atoms with E-state index in [4.69, 9.17) is 5.73 Å². The smallest absolute Gasteiger partial charge is 0.115 e. The Balaban J connectivity index is 2.97. The molecule has 1 atom stereocenters. The summed E-state index contributed by atoms with van der Waals surface area (Å²) >= 11 is 3.38. The van der Waals surface area contributed by atoms with Crippen LogP contribution in [0.15, 0.2) is 35.3 Å². The first-order valence-electron chi connectivity index (χ1n) is 4.00. The maximum absolute atomic E-state index is 9.25. The van der Waals surface area contributed by atoms with Crippen LogP contribution in [0.5, 0.6) is 5.75 Å². The van der Waals surface area contributed by atoms with Crippen LogP contribution in [0, 0.1) is 0 Å². The quantitative estimate of drug-likeness (QED) is 0.800. The summed E-state index contributed by atoms with van der Waals surface area (Å²) in [6, 6.07) is 4.96. The molecule has 0 radical (unpaired) electrons. The highest BCUT2D eigenvalue weighted by Crippen LogP contribution is 2.27. The Morgan fingerprint density at radius 2 is 2.31 bits per heavy atom. The molecule has 0 aliphatic rings. The number of hydrogen-bond donors (Lipinski definition) is 2. The van der Waals surface area contributed by atoms with Crippen molar-refractivity contribution in [3.8, 4) is 5.75 Å². The zero-order valence-corrected chi connectivity index (χ0v) is 8.79. The van der Waals surface area contributed by atoms with Gasteiger partial charge in [-0.1, -0.05) is 22.0 Å². The van der Waals surface area contributed by atoms with Gasteiger partial charge in [-0.25, -0.2) is 0 Å². The second-order valence-electron chi connectivity index (χ2n) is 2.84. The van der Waals surface area contributed by atoms with Crippen molar-refractivity contribution in [2.24, 2.45) is 5.73 Å². The van der Waals surface area contributed by atoms with Crippen LogP contribution < -0.4 is 5.73 Å². The summed E-state index contributed by atoms with van der Waals surface area (Å²) in [5.41, 5.74) is 6.77. The minimum Gasteiger partial charge on any atom is -0.508 e. The molecule has 0 amide bonds. The van der Waals surface area contributed by atoms with Crippen LogP contribution in [-0.4, -0.2) is 5.11 Å². The predicted molar refractivity (Wildman–Crippen MR) is 57.5 cm³/mol. The van der Waals surface area contributed by atoms with E-state index in [1.165, 1.54) is 0 Å². The van der Waals surface area contributed by atoms with Gasteiger partial charge in [-0.3, -0.25) is 0 Å². The number of benzene rings is 1. The van der Waals surface area contributed by atoms with Crippen molar-refractivity contribution in [2.75, 3.05) is 0 Å². The van der Waals surface area contributed by atoms with Crippen LogP contribution in [0.1, 0.15) is 18.0 Å². The summed E-state index contributed by atoms with van der Waals surface area (Å²) < 4.78 is 0.916. The summed E-state index contributed by atoms with van der Waals surface area (Å²) in [6.45, 7) is 3.62. The van der Waals surface area contributed by atoms with E-state index in [1.54, 1.807) is 24.3 Å². The fourth-order valence-corrected chi connectivity index (χ4v) is 1.66. The number of halogens is 1. The Labute approximate surface area is 86.2 Å². The SMILES string of the molecule is C=CC[C@H](N)c1cc(O)ccc1Br. The Morgan fingerprint density at radius 3 is 2.92 bits per heavy atom. The van der Waals surface area contributed by atoms with Crippen LogP contribution in [-0.2, 0) is 0 Å². The van der Waals surface area contributed by atoms with Crippen molar-refractivity contribution >= 4 is 15.9 Å². The molecule has 0 aliphatic carbocycles. The van der Waals surface area contributed by atoms with Gasteiger partial charge in [-0.05, 0) is 30.2 Å². The van der Waals surface area contributed by atoms with Gasteiger partial charge in [-0.15, -0.1) is 6.58 Å². The molecule has 0 unspecified atom stereocenters. The van der Waals surface area contributed by atoms with E-state index in [0.29, 0.717) is 6.42 Å². The molecule has 0 fully saturated rings. The van der Waals surface area contributed by atoms with Gasteiger partial charge in [0.2, 0.25) is 0 Å². The molecule has 0 bridgehead atoms. The molecule has 0 heterocycles. The van der Waals surface area contributed by atoms with E-state index < -0.39 is 0 Å². The van der Waals surface area contributed by atoms with Crippen LogP contribution in [0.4, 0.5) is 0 Å². The Morgan fingerprint density at radius 1 is 1.62 bits per heavy atom. The average molecular weight is 242 g/mol. The van der Waals surface area contributed by atoms with Gasteiger partial charge >= 0.3 is 0 Å². The summed E-state index contributed by atoms with van der Waals surface area (Å²) in [7, 11) is 0. The molecule has 1 aromatic carbocycles. The third-order valence-electron chi connectivity index (χ3n) is 1.80. The summed E-state index contributed by atoms with van der Waals surface area (Å²) in [4.78, 5) is 0. The first-order chi connectivity index (χ1) is 6.15. The zero-order valence-electron chi connectivity index (χ0n) is 7.20. The number of nitrogens with two attached hydrogens (primary N) is 1. The number of phenolic OH excluding ortho intramolecular Hbond substituents is 1. The number of rotatable bonds is 3. The molecule has 0 aliphatic heterocycles. The minimum absolute atomic E-state index is 0.112. The van der Waals surface area contributed by atoms with Gasteiger partial charge < -0.3 is 10.8 Å². The maximum atomic E-state index is 9.25. The largest absolute Gasteiger partial charge is 0.508 e. The standard InChI is InChI=1S/C10H12BrNO/c1-2-3-10(12)8-6-7(13)4-5-9(8)11/h2,4-6,10,13H,1,3,12H2/t10-/m0/s1. The zero-order chi connectivity index (χ0) is 9.84. The van der Waals surface area contributed by atoms with E-state index >= 15 is 0 Å². The van der Waals surface area contributed by atoms with Gasteiger partial charge in [0, 0.05) is 10.5 Å². The lowest BCUT2D eigenvalue weighted by Gasteiger charge is -2.11. The first kappa shape index (κ1) is 10.3. The van der Waals surface area contributed by atoms with Crippen LogP contribution in [0.2, 0.25) is 0 Å². The molecule has 0 saturated carbocycles. The van der Waals surface area contributed by atoms with E-state index in [9.17, 15) is 5.11 Å². The average Bonchev–Trinajstić information content (AvgIpc) is 2.09. The maximum Gasteiger partial charge on any atom is 0.115 e. The monoisotopic (exact) mass is 241 g/mol. The summed E-state index contributed by atoms with van der Waals surface area (Å²) in [5, 5.41) is 9.25. The molecule has 1 rings (SSSR count). The van der Waals surface area contributed by atoms with E-state index in [1.807, 2.05) is 0 Å². The van der Waals surface area contributed by atoms with Crippen LogP contribution in [0.3, 0.4) is 0 Å². The van der Waals surface area contributed by atoms with E-state index in [0.717, 1.165) is 10.0 Å². The number of hydrogen-bond acceptors (Lipinski definition) is 2. The van der Waals surface area contributed by atoms with Crippen molar-refractivity contribution in [2.45, 2.75) is 12.5 Å². The molecule has 2 nitrogen and oxygen atoms in total. The molecule has 70 valence electrons. The third kappa shape index (κ3) is 2.57. The molecule has 3 N–H and O–H groups in total. The van der Waals surface area contributed by atoms with Crippen LogP contribution >= 0.6 is 15.9 Å². The molecule has 1 aromatic rings. The first-order valence-corrected chi connectivity index (χ1v) is 4.79. The van der Waals surface area contributed by atoms with Crippen molar-refractivity contribution < 1.29 is 5.11 Å². The van der Waals surface area contributed by atoms with Crippen molar-refractivity contribution in [1.82, 2.24) is 0 Å². The van der Waals surface area contributed by atoms with Gasteiger partial charge in [0.1, 0.15) is 5.75 Å². The fraction of sp³-hybridized carbons (Fsp3) is 0.200. The van der Waals surface area contributed by atoms with Crippen molar-refractivity contribution in [3.63, 3.8) is 0 Å². The highest BCUT2D eigenvalue weighted by Gasteiger charge is 2.08. The number of aromatic hydroxyl groups is 1. The highest BCUT2D eigenvalue weighted by molar-refractivity contribution is 9.10.